The van der Waals surface area contributed by atoms with Gasteiger partial charge >= 0.3 is 17.9 Å². The fraction of sp³-hybridized carbons (Fsp3) is 0.703. The number of unbranched alkanes of at least 4 members (excludes halogenated alkanes) is 18. The van der Waals surface area contributed by atoms with Crippen molar-refractivity contribution in [2.24, 2.45) is 0 Å². The highest BCUT2D eigenvalue weighted by Gasteiger charge is 2.26. The van der Waals surface area contributed by atoms with E-state index in [-0.39, 0.29) is 6.61 Å². The zero-order valence-electron chi connectivity index (χ0n) is 27.7. The fourth-order valence-electron chi connectivity index (χ4n) is 4.99. The quantitative estimate of drug-likeness (QED) is 0.0543. The molecule has 1 atom stereocenters. The predicted octanol–water partition coefficient (Wildman–Crippen LogP) is 9.85. The summed E-state index contributed by atoms with van der Waals surface area (Å²) in [6.45, 7) is 5.33. The second-order valence-electron chi connectivity index (χ2n) is 11.8. The van der Waals surface area contributed by atoms with E-state index in [9.17, 15) is 14.4 Å². The molecule has 1 unspecified atom stereocenters. The molecule has 0 saturated heterocycles. The standard InChI is InChI=1S/C37H60O7/c1-3-5-7-9-11-13-15-17-19-21-29-42-33-26-23-32(24-27-33)25-28-36(40)44-34(31-35(38)39)37(41)43-30-22-20-18-16-14-12-10-8-6-4-2/h23-28,34H,3-22,29-31H2,1-2H3,(H,38,39). The number of ether oxygens (including phenoxy) is 3. The average molecular weight is 617 g/mol. The van der Waals surface area contributed by atoms with Gasteiger partial charge in [0, 0.05) is 6.08 Å². The number of hydrogen-bond donors (Lipinski definition) is 1. The number of esters is 2. The summed E-state index contributed by atoms with van der Waals surface area (Å²) in [5.41, 5.74) is 0.756. The van der Waals surface area contributed by atoms with E-state index in [0.29, 0.717) is 13.0 Å². The maximum absolute atomic E-state index is 12.4. The van der Waals surface area contributed by atoms with Crippen LogP contribution in [0.2, 0.25) is 0 Å². The molecule has 1 N–H and O–H groups in total. The first kappa shape index (κ1) is 39.2. The van der Waals surface area contributed by atoms with Crippen LogP contribution in [0.1, 0.15) is 154 Å². The molecule has 0 aliphatic carbocycles. The number of aliphatic carboxylic acids is 1. The number of carbonyl (C=O) groups is 3. The minimum atomic E-state index is -1.48. The van der Waals surface area contributed by atoms with Crippen molar-refractivity contribution in [3.8, 4) is 5.75 Å². The summed E-state index contributed by atoms with van der Waals surface area (Å²) in [5, 5.41) is 9.17. The van der Waals surface area contributed by atoms with E-state index < -0.39 is 30.4 Å². The Morgan fingerprint density at radius 2 is 1.11 bits per heavy atom. The van der Waals surface area contributed by atoms with Gasteiger partial charge in [-0.15, -0.1) is 0 Å². The molecular formula is C37H60O7. The van der Waals surface area contributed by atoms with Gasteiger partial charge in [-0.05, 0) is 36.6 Å². The van der Waals surface area contributed by atoms with E-state index in [2.05, 4.69) is 13.8 Å². The Morgan fingerprint density at radius 1 is 0.659 bits per heavy atom. The highest BCUT2D eigenvalue weighted by atomic mass is 16.6. The molecule has 0 heterocycles. The number of hydrogen-bond acceptors (Lipinski definition) is 6. The number of carbonyl (C=O) groups excluding carboxylic acids is 2. The van der Waals surface area contributed by atoms with E-state index in [1.807, 2.05) is 24.3 Å². The molecule has 0 fully saturated rings. The van der Waals surface area contributed by atoms with Gasteiger partial charge in [0.2, 0.25) is 6.10 Å². The number of rotatable bonds is 29. The van der Waals surface area contributed by atoms with Crippen LogP contribution in [0.4, 0.5) is 0 Å². The second-order valence-corrected chi connectivity index (χ2v) is 11.8. The Bertz CT molecular complexity index is 894. The van der Waals surface area contributed by atoms with Crippen LogP contribution in [-0.2, 0) is 23.9 Å². The molecule has 0 aliphatic rings. The third-order valence-corrected chi connectivity index (χ3v) is 7.68. The van der Waals surface area contributed by atoms with Crippen molar-refractivity contribution in [3.63, 3.8) is 0 Å². The minimum Gasteiger partial charge on any atom is -0.494 e. The lowest BCUT2D eigenvalue weighted by Crippen LogP contribution is -2.31. The SMILES string of the molecule is CCCCCCCCCCCCOC(=O)C(CC(=O)O)OC(=O)C=Cc1ccc(OCCCCCCCCCCCC)cc1. The van der Waals surface area contributed by atoms with Crippen molar-refractivity contribution >= 4 is 24.0 Å². The predicted molar refractivity (Wildman–Crippen MR) is 178 cm³/mol. The van der Waals surface area contributed by atoms with Crippen molar-refractivity contribution in [2.75, 3.05) is 13.2 Å². The van der Waals surface area contributed by atoms with Crippen LogP contribution in [0.25, 0.3) is 6.08 Å². The molecule has 0 aliphatic heterocycles. The Morgan fingerprint density at radius 3 is 1.59 bits per heavy atom. The number of carboxylic acid groups (broad SMARTS) is 1. The summed E-state index contributed by atoms with van der Waals surface area (Å²) < 4.78 is 16.2. The van der Waals surface area contributed by atoms with Gasteiger partial charge in [-0.2, -0.15) is 0 Å². The van der Waals surface area contributed by atoms with Crippen molar-refractivity contribution in [1.29, 1.82) is 0 Å². The third-order valence-electron chi connectivity index (χ3n) is 7.68. The van der Waals surface area contributed by atoms with E-state index in [0.717, 1.165) is 30.6 Å². The van der Waals surface area contributed by atoms with Gasteiger partial charge in [0.15, 0.2) is 0 Å². The molecule has 0 saturated carbocycles. The fourth-order valence-corrected chi connectivity index (χ4v) is 4.99. The lowest BCUT2D eigenvalue weighted by Gasteiger charge is -2.14. The summed E-state index contributed by atoms with van der Waals surface area (Å²) in [5.74, 6) is -2.09. The van der Waals surface area contributed by atoms with Gasteiger partial charge in [0.1, 0.15) is 5.75 Å². The molecule has 0 aromatic heterocycles. The zero-order chi connectivity index (χ0) is 32.1. The van der Waals surface area contributed by atoms with Gasteiger partial charge in [-0.3, -0.25) is 4.79 Å². The Balaban J connectivity index is 2.26. The average Bonchev–Trinajstić information content (AvgIpc) is 3.01. The minimum absolute atomic E-state index is 0.187. The smallest absolute Gasteiger partial charge is 0.348 e. The van der Waals surface area contributed by atoms with Gasteiger partial charge in [-0.25, -0.2) is 9.59 Å². The molecule has 44 heavy (non-hydrogen) atoms. The lowest BCUT2D eigenvalue weighted by molar-refractivity contribution is -0.168. The summed E-state index contributed by atoms with van der Waals surface area (Å²) in [6, 6.07) is 7.35. The molecule has 7 nitrogen and oxygen atoms in total. The molecule has 250 valence electrons. The van der Waals surface area contributed by atoms with E-state index >= 15 is 0 Å². The van der Waals surface area contributed by atoms with Crippen molar-refractivity contribution < 1.29 is 33.7 Å². The summed E-state index contributed by atoms with van der Waals surface area (Å²) in [4.78, 5) is 36.0. The van der Waals surface area contributed by atoms with Crippen LogP contribution in [-0.4, -0.2) is 42.3 Å². The highest BCUT2D eigenvalue weighted by Crippen LogP contribution is 2.16. The van der Waals surface area contributed by atoms with Crippen LogP contribution < -0.4 is 4.74 Å². The summed E-state index contributed by atoms with van der Waals surface area (Å²) in [6.07, 6.45) is 25.0. The molecule has 1 aromatic carbocycles. The third kappa shape index (κ3) is 22.7. The molecule has 0 amide bonds. The normalized spacial score (nSPS) is 11.9. The van der Waals surface area contributed by atoms with E-state index in [4.69, 9.17) is 19.3 Å². The van der Waals surface area contributed by atoms with Crippen LogP contribution in [0.5, 0.6) is 5.75 Å². The molecule has 7 heteroatoms. The Kier molecular flexibility index (Phi) is 24.7. The molecule has 1 aromatic rings. The first-order valence-corrected chi connectivity index (χ1v) is 17.5. The van der Waals surface area contributed by atoms with Crippen LogP contribution in [0.3, 0.4) is 0 Å². The van der Waals surface area contributed by atoms with Gasteiger partial charge in [-0.1, -0.05) is 142 Å². The maximum Gasteiger partial charge on any atom is 0.348 e. The summed E-state index contributed by atoms with van der Waals surface area (Å²) in [7, 11) is 0. The number of benzene rings is 1. The number of carboxylic acids is 1. The topological polar surface area (TPSA) is 99.1 Å². The first-order chi connectivity index (χ1) is 21.5. The monoisotopic (exact) mass is 616 g/mol. The Labute approximate surface area is 267 Å². The van der Waals surface area contributed by atoms with Crippen molar-refractivity contribution in [3.05, 3.63) is 35.9 Å². The summed E-state index contributed by atoms with van der Waals surface area (Å²) >= 11 is 0. The van der Waals surface area contributed by atoms with E-state index in [1.165, 1.54) is 109 Å². The van der Waals surface area contributed by atoms with Gasteiger partial charge in [0.25, 0.3) is 0 Å². The largest absolute Gasteiger partial charge is 0.494 e. The van der Waals surface area contributed by atoms with Crippen LogP contribution in [0, 0.1) is 0 Å². The molecular weight excluding hydrogens is 556 g/mol. The molecule has 0 radical (unpaired) electrons. The highest BCUT2D eigenvalue weighted by molar-refractivity contribution is 5.90. The Hall–Kier alpha value is -2.83. The van der Waals surface area contributed by atoms with Crippen molar-refractivity contribution in [2.45, 2.75) is 155 Å². The first-order valence-electron chi connectivity index (χ1n) is 17.5. The van der Waals surface area contributed by atoms with Crippen LogP contribution >= 0.6 is 0 Å². The molecule has 1 rings (SSSR count). The molecule has 0 bridgehead atoms. The zero-order valence-corrected chi connectivity index (χ0v) is 27.7. The molecule has 0 spiro atoms. The van der Waals surface area contributed by atoms with Gasteiger partial charge in [0.05, 0.1) is 19.6 Å². The lowest BCUT2D eigenvalue weighted by atomic mass is 10.1. The second kappa shape index (κ2) is 27.7. The van der Waals surface area contributed by atoms with E-state index in [1.54, 1.807) is 6.08 Å². The van der Waals surface area contributed by atoms with Crippen LogP contribution in [0.15, 0.2) is 30.3 Å². The van der Waals surface area contributed by atoms with Crippen molar-refractivity contribution in [1.82, 2.24) is 0 Å². The maximum atomic E-state index is 12.4. The van der Waals surface area contributed by atoms with Gasteiger partial charge < -0.3 is 19.3 Å².